The quantitative estimate of drug-likeness (QED) is 0.840. The summed E-state index contributed by atoms with van der Waals surface area (Å²) in [5.41, 5.74) is 1.74. The number of carbonyl (C=O) groups is 1. The Hall–Kier alpha value is -1.15. The highest BCUT2D eigenvalue weighted by atomic mass is 35.5. The van der Waals surface area contributed by atoms with Crippen molar-refractivity contribution >= 4 is 34.0 Å². The van der Waals surface area contributed by atoms with Crippen LogP contribution in [0.5, 0.6) is 0 Å². The van der Waals surface area contributed by atoms with E-state index in [1.54, 1.807) is 23.1 Å². The van der Waals surface area contributed by atoms with E-state index in [4.69, 9.17) is 0 Å². The maximum Gasteiger partial charge on any atom is 0.240 e. The van der Waals surface area contributed by atoms with Crippen molar-refractivity contribution in [2.24, 2.45) is 0 Å². The van der Waals surface area contributed by atoms with E-state index in [9.17, 15) is 13.2 Å². The second-order valence-corrected chi connectivity index (χ2v) is 8.11. The van der Waals surface area contributed by atoms with E-state index in [0.717, 1.165) is 30.6 Å². The number of fused-ring (bicyclic) bond motifs is 1. The zero-order chi connectivity index (χ0) is 16.6. The Morgan fingerprint density at radius 2 is 2.12 bits per heavy atom. The topological polar surface area (TPSA) is 78.5 Å². The Labute approximate surface area is 149 Å². The number of anilines is 1. The van der Waals surface area contributed by atoms with Crippen molar-refractivity contribution in [3.63, 3.8) is 0 Å². The fourth-order valence-corrected chi connectivity index (χ4v) is 4.82. The van der Waals surface area contributed by atoms with Gasteiger partial charge >= 0.3 is 0 Å². The molecule has 2 atom stereocenters. The van der Waals surface area contributed by atoms with Crippen LogP contribution in [0.4, 0.5) is 5.69 Å². The predicted octanol–water partition coefficient (Wildman–Crippen LogP) is 1.44. The van der Waals surface area contributed by atoms with Gasteiger partial charge in [-0.2, -0.15) is 0 Å². The average molecular weight is 374 g/mol. The zero-order valence-corrected chi connectivity index (χ0v) is 15.5. The van der Waals surface area contributed by atoms with E-state index in [-0.39, 0.29) is 35.3 Å². The minimum atomic E-state index is -3.53. The minimum absolute atomic E-state index is 0. The smallest absolute Gasteiger partial charge is 0.240 e. The average Bonchev–Trinajstić information content (AvgIpc) is 2.82. The highest BCUT2D eigenvalue weighted by molar-refractivity contribution is 7.89. The van der Waals surface area contributed by atoms with E-state index < -0.39 is 10.0 Å². The number of rotatable bonds is 3. The molecule has 1 amide bonds. The number of hydrogen-bond acceptors (Lipinski definition) is 4. The van der Waals surface area contributed by atoms with Crippen molar-refractivity contribution in [1.82, 2.24) is 10.0 Å². The minimum Gasteiger partial charge on any atom is -0.315 e. The van der Waals surface area contributed by atoms with Gasteiger partial charge in [0.2, 0.25) is 15.9 Å². The van der Waals surface area contributed by atoms with Crippen molar-refractivity contribution in [2.45, 2.75) is 50.1 Å². The van der Waals surface area contributed by atoms with Crippen molar-refractivity contribution in [3.8, 4) is 0 Å². The van der Waals surface area contributed by atoms with E-state index in [2.05, 4.69) is 10.0 Å². The molecule has 2 unspecified atom stereocenters. The van der Waals surface area contributed by atoms with E-state index >= 15 is 0 Å². The van der Waals surface area contributed by atoms with Crippen LogP contribution in [-0.2, 0) is 21.2 Å². The molecule has 1 fully saturated rings. The van der Waals surface area contributed by atoms with Gasteiger partial charge in [-0.3, -0.25) is 4.79 Å². The number of nitrogens with zero attached hydrogens (tertiary/aromatic N) is 1. The first kappa shape index (κ1) is 19.2. The maximum absolute atomic E-state index is 12.6. The molecule has 3 rings (SSSR count). The molecule has 1 aromatic carbocycles. The van der Waals surface area contributed by atoms with Gasteiger partial charge in [-0.1, -0.05) is 0 Å². The lowest BCUT2D eigenvalue weighted by Gasteiger charge is -2.24. The van der Waals surface area contributed by atoms with Gasteiger partial charge in [0.1, 0.15) is 0 Å². The summed E-state index contributed by atoms with van der Waals surface area (Å²) in [5, 5.41) is 3.20. The Morgan fingerprint density at radius 1 is 1.38 bits per heavy atom. The summed E-state index contributed by atoms with van der Waals surface area (Å²) in [6.45, 7) is 5.12. The third-order valence-electron chi connectivity index (χ3n) is 4.53. The van der Waals surface area contributed by atoms with Crippen LogP contribution in [-0.4, -0.2) is 39.5 Å². The number of benzene rings is 1. The molecule has 2 aliphatic heterocycles. The molecule has 0 aromatic heterocycles. The van der Waals surface area contributed by atoms with Crippen molar-refractivity contribution in [3.05, 3.63) is 23.8 Å². The number of piperidine rings is 1. The van der Waals surface area contributed by atoms with E-state index in [1.165, 1.54) is 6.92 Å². The van der Waals surface area contributed by atoms with Crippen molar-refractivity contribution in [2.75, 3.05) is 18.0 Å². The van der Waals surface area contributed by atoms with Gasteiger partial charge in [0, 0.05) is 31.2 Å². The SMILES string of the molecule is CC(=O)N1c2ccc(S(=O)(=O)NC3CCCNC3)cc2CC1C.Cl. The van der Waals surface area contributed by atoms with Crippen LogP contribution in [0.15, 0.2) is 23.1 Å². The van der Waals surface area contributed by atoms with Crippen LogP contribution in [0.2, 0.25) is 0 Å². The molecule has 0 spiro atoms. The first-order valence-corrected chi connectivity index (χ1v) is 9.52. The number of halogens is 1. The number of amides is 1. The van der Waals surface area contributed by atoms with Gasteiger partial charge in [-0.05, 0) is 56.5 Å². The summed E-state index contributed by atoms with van der Waals surface area (Å²) < 4.78 is 27.9. The molecular formula is C16H24ClN3O3S. The largest absolute Gasteiger partial charge is 0.315 e. The van der Waals surface area contributed by atoms with E-state index in [1.807, 2.05) is 6.92 Å². The van der Waals surface area contributed by atoms with Gasteiger partial charge in [0.25, 0.3) is 0 Å². The van der Waals surface area contributed by atoms with Crippen LogP contribution in [0.3, 0.4) is 0 Å². The molecule has 0 saturated carbocycles. The number of sulfonamides is 1. The highest BCUT2D eigenvalue weighted by Gasteiger charge is 2.30. The van der Waals surface area contributed by atoms with Crippen LogP contribution < -0.4 is 14.9 Å². The second-order valence-electron chi connectivity index (χ2n) is 6.40. The number of carbonyl (C=O) groups excluding carboxylic acids is 1. The van der Waals surface area contributed by atoms with E-state index in [0.29, 0.717) is 13.0 Å². The molecule has 0 bridgehead atoms. The van der Waals surface area contributed by atoms with Crippen LogP contribution in [0.1, 0.15) is 32.3 Å². The third kappa shape index (κ3) is 3.74. The Morgan fingerprint density at radius 3 is 2.75 bits per heavy atom. The summed E-state index contributed by atoms with van der Waals surface area (Å²) in [7, 11) is -3.53. The molecule has 134 valence electrons. The van der Waals surface area contributed by atoms with Crippen molar-refractivity contribution in [1.29, 1.82) is 0 Å². The molecule has 2 heterocycles. The lowest BCUT2D eigenvalue weighted by molar-refractivity contribution is -0.116. The molecule has 8 heteroatoms. The molecule has 24 heavy (non-hydrogen) atoms. The maximum atomic E-state index is 12.6. The van der Waals surface area contributed by atoms with Gasteiger partial charge in [0.05, 0.1) is 4.90 Å². The monoisotopic (exact) mass is 373 g/mol. The summed E-state index contributed by atoms with van der Waals surface area (Å²) in [4.78, 5) is 13.8. The number of nitrogens with one attached hydrogen (secondary N) is 2. The van der Waals surface area contributed by atoms with Gasteiger partial charge < -0.3 is 10.2 Å². The Kier molecular flexibility index (Phi) is 5.91. The molecule has 0 aliphatic carbocycles. The van der Waals surface area contributed by atoms with Gasteiger partial charge in [0.15, 0.2) is 0 Å². The summed E-state index contributed by atoms with van der Waals surface area (Å²) >= 11 is 0. The molecule has 6 nitrogen and oxygen atoms in total. The molecule has 2 aliphatic rings. The van der Waals surface area contributed by atoms with Crippen LogP contribution in [0, 0.1) is 0 Å². The Bertz CT molecular complexity index is 717. The number of hydrogen-bond donors (Lipinski definition) is 2. The lowest BCUT2D eigenvalue weighted by atomic mass is 10.1. The van der Waals surface area contributed by atoms with Crippen LogP contribution in [0.25, 0.3) is 0 Å². The summed E-state index contributed by atoms with van der Waals surface area (Å²) in [6, 6.07) is 5.04. The zero-order valence-electron chi connectivity index (χ0n) is 13.9. The summed E-state index contributed by atoms with van der Waals surface area (Å²) in [5.74, 6) is -0.0155. The Balaban J connectivity index is 0.00000208. The molecular weight excluding hydrogens is 350 g/mol. The molecule has 0 radical (unpaired) electrons. The fraction of sp³-hybridized carbons (Fsp3) is 0.562. The van der Waals surface area contributed by atoms with Crippen LogP contribution >= 0.6 is 12.4 Å². The fourth-order valence-electron chi connectivity index (χ4n) is 3.49. The lowest BCUT2D eigenvalue weighted by Crippen LogP contribution is -2.45. The van der Waals surface area contributed by atoms with Gasteiger partial charge in [-0.15, -0.1) is 12.4 Å². The van der Waals surface area contributed by atoms with Gasteiger partial charge in [-0.25, -0.2) is 13.1 Å². The summed E-state index contributed by atoms with van der Waals surface area (Å²) in [6.07, 6.45) is 2.51. The third-order valence-corrected chi connectivity index (χ3v) is 6.05. The first-order chi connectivity index (χ1) is 10.9. The highest BCUT2D eigenvalue weighted by Crippen LogP contribution is 2.33. The molecule has 1 aromatic rings. The second kappa shape index (κ2) is 7.39. The standard InChI is InChI=1S/C16H23N3O3S.ClH/c1-11-8-13-9-15(5-6-16(13)19(11)12(2)20)23(21,22)18-14-4-3-7-17-10-14;/h5-6,9,11,14,17-18H,3-4,7-8,10H2,1-2H3;1H. The molecule has 1 saturated heterocycles. The molecule has 2 N–H and O–H groups in total. The predicted molar refractivity (Wildman–Crippen MR) is 96.2 cm³/mol. The normalized spacial score (nSPS) is 23.5. The first-order valence-electron chi connectivity index (χ1n) is 8.04. The van der Waals surface area contributed by atoms with Crippen molar-refractivity contribution < 1.29 is 13.2 Å².